The number of pyridine rings is 1. The molecule has 1 heterocycles. The van der Waals surface area contributed by atoms with E-state index >= 15 is 0 Å². The van der Waals surface area contributed by atoms with E-state index in [-0.39, 0.29) is 11.2 Å². The number of nitro groups is 1. The SMILES string of the molecule is Cc1ccc2c(=O)n(C)cc([N+](=O)[O-])c2c1. The van der Waals surface area contributed by atoms with Crippen LogP contribution >= 0.6 is 0 Å². The summed E-state index contributed by atoms with van der Waals surface area (Å²) in [6.45, 7) is 1.83. The lowest BCUT2D eigenvalue weighted by molar-refractivity contribution is -0.383. The lowest BCUT2D eigenvalue weighted by Gasteiger charge is -2.03. The van der Waals surface area contributed by atoms with Gasteiger partial charge >= 0.3 is 0 Å². The van der Waals surface area contributed by atoms with Crippen LogP contribution in [-0.2, 0) is 7.05 Å². The molecule has 0 spiro atoms. The molecule has 1 aromatic carbocycles. The molecule has 2 rings (SSSR count). The van der Waals surface area contributed by atoms with Crippen molar-refractivity contribution in [1.29, 1.82) is 0 Å². The van der Waals surface area contributed by atoms with Crippen molar-refractivity contribution in [2.45, 2.75) is 6.92 Å². The summed E-state index contributed by atoms with van der Waals surface area (Å²) < 4.78 is 1.23. The van der Waals surface area contributed by atoms with Crippen LogP contribution < -0.4 is 5.56 Å². The van der Waals surface area contributed by atoms with Crippen molar-refractivity contribution in [1.82, 2.24) is 4.57 Å². The first-order valence-electron chi connectivity index (χ1n) is 4.75. The number of hydrogen-bond donors (Lipinski definition) is 0. The maximum atomic E-state index is 11.8. The van der Waals surface area contributed by atoms with Gasteiger partial charge in [-0.05, 0) is 19.1 Å². The first-order chi connectivity index (χ1) is 7.50. The molecule has 16 heavy (non-hydrogen) atoms. The van der Waals surface area contributed by atoms with Gasteiger partial charge in [-0.3, -0.25) is 14.9 Å². The molecule has 0 aliphatic rings. The van der Waals surface area contributed by atoms with Gasteiger partial charge in [-0.25, -0.2) is 0 Å². The van der Waals surface area contributed by atoms with Gasteiger partial charge in [0.25, 0.3) is 11.2 Å². The summed E-state index contributed by atoms with van der Waals surface area (Å²) in [5.74, 6) is 0. The summed E-state index contributed by atoms with van der Waals surface area (Å²) in [4.78, 5) is 22.2. The van der Waals surface area contributed by atoms with E-state index < -0.39 is 4.92 Å². The van der Waals surface area contributed by atoms with Crippen molar-refractivity contribution in [2.75, 3.05) is 0 Å². The maximum Gasteiger partial charge on any atom is 0.293 e. The van der Waals surface area contributed by atoms with E-state index in [1.54, 1.807) is 18.2 Å². The van der Waals surface area contributed by atoms with E-state index in [4.69, 9.17) is 0 Å². The third-order valence-corrected chi connectivity index (χ3v) is 2.51. The highest BCUT2D eigenvalue weighted by atomic mass is 16.6. The Kier molecular flexibility index (Phi) is 2.23. The van der Waals surface area contributed by atoms with Gasteiger partial charge in [0, 0.05) is 7.05 Å². The Hall–Kier alpha value is -2.17. The van der Waals surface area contributed by atoms with Gasteiger partial charge in [-0.15, -0.1) is 0 Å². The topological polar surface area (TPSA) is 65.1 Å². The first-order valence-corrected chi connectivity index (χ1v) is 4.75. The molecule has 0 saturated heterocycles. The third kappa shape index (κ3) is 1.46. The molecule has 1 aromatic heterocycles. The Morgan fingerprint density at radius 2 is 2.00 bits per heavy atom. The zero-order chi connectivity index (χ0) is 11.9. The van der Waals surface area contributed by atoms with Crippen molar-refractivity contribution in [3.8, 4) is 0 Å². The predicted octanol–water partition coefficient (Wildman–Crippen LogP) is 1.76. The molecule has 0 saturated carbocycles. The van der Waals surface area contributed by atoms with Gasteiger partial charge in [0.1, 0.15) is 0 Å². The minimum atomic E-state index is -0.471. The monoisotopic (exact) mass is 218 g/mol. The van der Waals surface area contributed by atoms with Crippen LogP contribution in [0.2, 0.25) is 0 Å². The van der Waals surface area contributed by atoms with Crippen LogP contribution in [0.25, 0.3) is 10.8 Å². The van der Waals surface area contributed by atoms with Crippen molar-refractivity contribution in [3.05, 3.63) is 50.4 Å². The van der Waals surface area contributed by atoms with Gasteiger partial charge in [-0.2, -0.15) is 0 Å². The zero-order valence-electron chi connectivity index (χ0n) is 8.93. The van der Waals surface area contributed by atoms with E-state index in [1.807, 2.05) is 6.92 Å². The Bertz CT molecular complexity index is 643. The second kappa shape index (κ2) is 3.44. The van der Waals surface area contributed by atoms with Gasteiger partial charge in [0.05, 0.1) is 21.9 Å². The van der Waals surface area contributed by atoms with E-state index in [1.165, 1.54) is 17.8 Å². The standard InChI is InChI=1S/C11H10N2O3/c1-7-3-4-8-9(5-7)10(13(15)16)6-12(2)11(8)14/h3-6H,1-2H3. The van der Waals surface area contributed by atoms with Crippen molar-refractivity contribution in [3.63, 3.8) is 0 Å². The Balaban J connectivity index is 3.01. The number of rotatable bonds is 1. The summed E-state index contributed by atoms with van der Waals surface area (Å²) >= 11 is 0. The molecule has 2 aromatic rings. The van der Waals surface area contributed by atoms with Crippen LogP contribution in [0.3, 0.4) is 0 Å². The van der Waals surface area contributed by atoms with Crippen LogP contribution in [0.4, 0.5) is 5.69 Å². The normalized spacial score (nSPS) is 10.6. The molecule has 0 amide bonds. The average molecular weight is 218 g/mol. The molecule has 0 aliphatic heterocycles. The second-order valence-electron chi connectivity index (χ2n) is 3.74. The first kappa shape index (κ1) is 10.4. The van der Waals surface area contributed by atoms with Gasteiger partial charge in [-0.1, -0.05) is 11.6 Å². The van der Waals surface area contributed by atoms with E-state index in [2.05, 4.69) is 0 Å². The molecule has 5 nitrogen and oxygen atoms in total. The largest absolute Gasteiger partial charge is 0.311 e. The minimum absolute atomic E-state index is 0.0409. The molecule has 0 radical (unpaired) electrons. The van der Waals surface area contributed by atoms with Crippen molar-refractivity contribution < 1.29 is 4.92 Å². The van der Waals surface area contributed by atoms with E-state index in [9.17, 15) is 14.9 Å². The molecule has 0 unspecified atom stereocenters. The summed E-state index contributed by atoms with van der Waals surface area (Å²) in [6, 6.07) is 5.06. The smallest absolute Gasteiger partial charge is 0.293 e. The molecule has 0 aliphatic carbocycles. The third-order valence-electron chi connectivity index (χ3n) is 2.51. The molecule has 0 bridgehead atoms. The lowest BCUT2D eigenvalue weighted by atomic mass is 10.1. The fourth-order valence-electron chi connectivity index (χ4n) is 1.70. The minimum Gasteiger partial charge on any atom is -0.311 e. The van der Waals surface area contributed by atoms with E-state index in [0.29, 0.717) is 10.8 Å². The fraction of sp³-hybridized carbons (Fsp3) is 0.182. The summed E-state index contributed by atoms with van der Waals surface area (Å²) in [7, 11) is 1.51. The highest BCUT2D eigenvalue weighted by molar-refractivity contribution is 5.90. The molecular weight excluding hydrogens is 208 g/mol. The molecule has 0 atom stereocenters. The average Bonchev–Trinajstić information content (AvgIpc) is 2.22. The number of nitrogens with zero attached hydrogens (tertiary/aromatic N) is 2. The predicted molar refractivity (Wildman–Crippen MR) is 60.6 cm³/mol. The Morgan fingerprint density at radius 3 is 2.62 bits per heavy atom. The summed E-state index contributed by atoms with van der Waals surface area (Å²) in [5, 5.41) is 11.7. The van der Waals surface area contributed by atoms with Crippen molar-refractivity contribution >= 4 is 16.5 Å². The van der Waals surface area contributed by atoms with E-state index in [0.717, 1.165) is 5.56 Å². The number of hydrogen-bond acceptors (Lipinski definition) is 3. The zero-order valence-corrected chi connectivity index (χ0v) is 8.93. The number of aromatic nitrogens is 1. The van der Waals surface area contributed by atoms with Crippen molar-refractivity contribution in [2.24, 2.45) is 7.05 Å². The van der Waals surface area contributed by atoms with Crippen LogP contribution in [0.1, 0.15) is 5.56 Å². The summed E-state index contributed by atoms with van der Waals surface area (Å²) in [5.41, 5.74) is 0.630. The summed E-state index contributed by atoms with van der Waals surface area (Å²) in [6.07, 6.45) is 1.25. The Morgan fingerprint density at radius 1 is 1.31 bits per heavy atom. The number of benzene rings is 1. The molecule has 0 N–H and O–H groups in total. The van der Waals surface area contributed by atoms with Gasteiger partial charge in [0.2, 0.25) is 0 Å². The van der Waals surface area contributed by atoms with Crippen LogP contribution in [-0.4, -0.2) is 9.49 Å². The second-order valence-corrected chi connectivity index (χ2v) is 3.74. The molecular formula is C11H10N2O3. The highest BCUT2D eigenvalue weighted by Gasteiger charge is 2.15. The molecule has 5 heteroatoms. The maximum absolute atomic E-state index is 11.8. The molecule has 82 valence electrons. The number of aryl methyl sites for hydroxylation is 2. The Labute approximate surface area is 91.1 Å². The van der Waals surface area contributed by atoms with Crippen LogP contribution in [0.15, 0.2) is 29.2 Å². The van der Waals surface area contributed by atoms with Gasteiger partial charge in [0.15, 0.2) is 0 Å². The van der Waals surface area contributed by atoms with Crippen LogP contribution in [0.5, 0.6) is 0 Å². The lowest BCUT2D eigenvalue weighted by Crippen LogP contribution is -2.17. The highest BCUT2D eigenvalue weighted by Crippen LogP contribution is 2.23. The quantitative estimate of drug-likeness (QED) is 0.541. The van der Waals surface area contributed by atoms with Gasteiger partial charge < -0.3 is 4.57 Å². The number of fused-ring (bicyclic) bond motifs is 1. The fourth-order valence-corrected chi connectivity index (χ4v) is 1.70. The molecule has 0 fully saturated rings. The van der Waals surface area contributed by atoms with Crippen LogP contribution in [0, 0.1) is 17.0 Å².